The Balaban J connectivity index is 2.25. The second-order valence-electron chi connectivity index (χ2n) is 5.06. The monoisotopic (exact) mass is 182 g/mol. The average Bonchev–Trinajstić information content (AvgIpc) is 2.64. The number of carbonyl (C=O) groups is 1. The van der Waals surface area contributed by atoms with Gasteiger partial charge >= 0.3 is 0 Å². The predicted molar refractivity (Wildman–Crippen MR) is 51.0 cm³/mol. The van der Waals surface area contributed by atoms with Crippen LogP contribution in [0.2, 0.25) is 0 Å². The molecule has 3 nitrogen and oxygen atoms in total. The molecular weight excluding hydrogens is 164 g/mol. The summed E-state index contributed by atoms with van der Waals surface area (Å²) in [6.45, 7) is 6.18. The lowest BCUT2D eigenvalue weighted by Crippen LogP contribution is -2.41. The molecule has 74 valence electrons. The Morgan fingerprint density at radius 1 is 1.46 bits per heavy atom. The first-order chi connectivity index (χ1) is 6.00. The van der Waals surface area contributed by atoms with Gasteiger partial charge < -0.3 is 11.1 Å². The van der Waals surface area contributed by atoms with Crippen molar-refractivity contribution >= 4 is 5.91 Å². The molecule has 0 spiro atoms. The maximum Gasteiger partial charge on any atom is 0.222 e. The molecule has 3 N–H and O–H groups in total. The Kier molecular flexibility index (Phi) is 1.71. The van der Waals surface area contributed by atoms with Gasteiger partial charge in [-0.15, -0.1) is 0 Å². The minimum absolute atomic E-state index is 0.0278. The summed E-state index contributed by atoms with van der Waals surface area (Å²) in [6, 6.07) is 0. The molecule has 3 heteroatoms. The van der Waals surface area contributed by atoms with Gasteiger partial charge in [-0.2, -0.15) is 0 Å². The molecule has 0 bridgehead atoms. The maximum absolute atomic E-state index is 11.3. The van der Waals surface area contributed by atoms with E-state index in [2.05, 4.69) is 19.2 Å². The third-order valence-electron chi connectivity index (χ3n) is 4.33. The van der Waals surface area contributed by atoms with Crippen molar-refractivity contribution in [1.29, 1.82) is 0 Å². The highest BCUT2D eigenvalue weighted by atomic mass is 16.1. The van der Waals surface area contributed by atoms with Crippen molar-refractivity contribution < 1.29 is 4.79 Å². The molecule has 1 aliphatic carbocycles. The number of nitrogens with one attached hydrogen (secondary N) is 1. The molecule has 2 fully saturated rings. The Morgan fingerprint density at radius 3 is 2.54 bits per heavy atom. The summed E-state index contributed by atoms with van der Waals surface area (Å²) in [6.07, 6.45) is 2.49. The standard InChI is InChI=1S/C10H18N2O/c1-9(3-4-9)10(2)6-12-5-7(10)8(11)13/h7,12H,3-6H2,1-2H3,(H2,11,13). The molecule has 0 aromatic carbocycles. The van der Waals surface area contributed by atoms with Gasteiger partial charge in [-0.1, -0.05) is 13.8 Å². The Bertz CT molecular complexity index is 247. The SMILES string of the molecule is CC1(C2(C)CNCC2C(N)=O)CC1. The quantitative estimate of drug-likeness (QED) is 0.653. The van der Waals surface area contributed by atoms with Crippen LogP contribution in [0, 0.1) is 16.7 Å². The van der Waals surface area contributed by atoms with Crippen LogP contribution < -0.4 is 11.1 Å². The number of hydrogen-bond acceptors (Lipinski definition) is 2. The molecule has 2 rings (SSSR count). The Labute approximate surface area is 79.1 Å². The van der Waals surface area contributed by atoms with Crippen molar-refractivity contribution in [1.82, 2.24) is 5.32 Å². The molecule has 1 saturated carbocycles. The predicted octanol–water partition coefficient (Wildman–Crippen LogP) is 0.497. The minimum atomic E-state index is -0.138. The van der Waals surface area contributed by atoms with Crippen molar-refractivity contribution in [3.63, 3.8) is 0 Å². The fraction of sp³-hybridized carbons (Fsp3) is 0.900. The van der Waals surface area contributed by atoms with Crippen LogP contribution in [0.5, 0.6) is 0 Å². The van der Waals surface area contributed by atoms with Gasteiger partial charge in [0.05, 0.1) is 5.92 Å². The zero-order valence-corrected chi connectivity index (χ0v) is 8.39. The number of carbonyl (C=O) groups excluding carboxylic acids is 1. The van der Waals surface area contributed by atoms with E-state index < -0.39 is 0 Å². The normalized spacial score (nSPS) is 41.8. The van der Waals surface area contributed by atoms with Gasteiger partial charge in [0.2, 0.25) is 5.91 Å². The summed E-state index contributed by atoms with van der Waals surface area (Å²) >= 11 is 0. The zero-order valence-electron chi connectivity index (χ0n) is 8.39. The highest BCUT2D eigenvalue weighted by Crippen LogP contribution is 2.62. The van der Waals surface area contributed by atoms with E-state index >= 15 is 0 Å². The molecule has 2 atom stereocenters. The highest BCUT2D eigenvalue weighted by molar-refractivity contribution is 5.78. The van der Waals surface area contributed by atoms with Gasteiger partial charge in [0.1, 0.15) is 0 Å². The van der Waals surface area contributed by atoms with Crippen molar-refractivity contribution in [3.8, 4) is 0 Å². The van der Waals surface area contributed by atoms with E-state index in [-0.39, 0.29) is 17.2 Å². The summed E-state index contributed by atoms with van der Waals surface area (Å²) in [4.78, 5) is 11.3. The van der Waals surface area contributed by atoms with E-state index in [0.717, 1.165) is 13.1 Å². The zero-order chi connectivity index (χ0) is 9.69. The van der Waals surface area contributed by atoms with E-state index in [1.54, 1.807) is 0 Å². The van der Waals surface area contributed by atoms with E-state index in [0.29, 0.717) is 5.41 Å². The van der Waals surface area contributed by atoms with Crippen molar-refractivity contribution in [2.24, 2.45) is 22.5 Å². The molecule has 0 radical (unpaired) electrons. The topological polar surface area (TPSA) is 55.1 Å². The van der Waals surface area contributed by atoms with E-state index in [9.17, 15) is 4.79 Å². The molecule has 1 heterocycles. The first-order valence-corrected chi connectivity index (χ1v) is 5.00. The van der Waals surface area contributed by atoms with Crippen molar-refractivity contribution in [2.45, 2.75) is 26.7 Å². The first kappa shape index (κ1) is 9.00. The fourth-order valence-corrected chi connectivity index (χ4v) is 2.63. The molecular formula is C10H18N2O. The van der Waals surface area contributed by atoms with Crippen LogP contribution >= 0.6 is 0 Å². The Morgan fingerprint density at radius 2 is 2.08 bits per heavy atom. The molecule has 2 aliphatic rings. The van der Waals surface area contributed by atoms with Gasteiger partial charge in [0.25, 0.3) is 0 Å². The van der Waals surface area contributed by atoms with Crippen molar-refractivity contribution in [3.05, 3.63) is 0 Å². The maximum atomic E-state index is 11.3. The second kappa shape index (κ2) is 2.47. The minimum Gasteiger partial charge on any atom is -0.369 e. The van der Waals surface area contributed by atoms with Gasteiger partial charge in [-0.25, -0.2) is 0 Å². The lowest BCUT2D eigenvalue weighted by atomic mass is 9.68. The van der Waals surface area contributed by atoms with Gasteiger partial charge in [0.15, 0.2) is 0 Å². The van der Waals surface area contributed by atoms with Crippen LogP contribution in [0.1, 0.15) is 26.7 Å². The second-order valence-corrected chi connectivity index (χ2v) is 5.06. The molecule has 2 unspecified atom stereocenters. The number of amides is 1. The summed E-state index contributed by atoms with van der Waals surface area (Å²) < 4.78 is 0. The van der Waals surface area contributed by atoms with Crippen LogP contribution in [0.15, 0.2) is 0 Å². The summed E-state index contributed by atoms with van der Waals surface area (Å²) in [7, 11) is 0. The van der Waals surface area contributed by atoms with E-state index in [4.69, 9.17) is 5.73 Å². The third-order valence-corrected chi connectivity index (χ3v) is 4.33. The third kappa shape index (κ3) is 1.10. The summed E-state index contributed by atoms with van der Waals surface area (Å²) in [5.74, 6) is -0.111. The molecule has 1 saturated heterocycles. The van der Waals surface area contributed by atoms with Crippen LogP contribution in [-0.4, -0.2) is 19.0 Å². The van der Waals surface area contributed by atoms with Crippen LogP contribution in [0.3, 0.4) is 0 Å². The number of rotatable bonds is 2. The van der Waals surface area contributed by atoms with E-state index in [1.807, 2.05) is 0 Å². The molecule has 1 amide bonds. The number of primary amides is 1. The molecule has 1 aliphatic heterocycles. The lowest BCUT2D eigenvalue weighted by Gasteiger charge is -2.35. The van der Waals surface area contributed by atoms with Crippen molar-refractivity contribution in [2.75, 3.05) is 13.1 Å². The number of nitrogens with two attached hydrogens (primary N) is 1. The fourth-order valence-electron chi connectivity index (χ4n) is 2.63. The van der Waals surface area contributed by atoms with Gasteiger partial charge in [-0.05, 0) is 23.7 Å². The highest BCUT2D eigenvalue weighted by Gasteiger charge is 2.59. The lowest BCUT2D eigenvalue weighted by molar-refractivity contribution is -0.125. The number of hydrogen-bond donors (Lipinski definition) is 2. The molecule has 0 aromatic heterocycles. The average molecular weight is 182 g/mol. The summed E-state index contributed by atoms with van der Waals surface area (Å²) in [5, 5.41) is 3.29. The van der Waals surface area contributed by atoms with Crippen LogP contribution in [0.25, 0.3) is 0 Å². The summed E-state index contributed by atoms with van der Waals surface area (Å²) in [5.41, 5.74) is 5.87. The van der Waals surface area contributed by atoms with Gasteiger partial charge in [-0.3, -0.25) is 4.79 Å². The largest absolute Gasteiger partial charge is 0.369 e. The smallest absolute Gasteiger partial charge is 0.222 e. The Hall–Kier alpha value is -0.570. The van der Waals surface area contributed by atoms with Crippen LogP contribution in [0.4, 0.5) is 0 Å². The van der Waals surface area contributed by atoms with E-state index in [1.165, 1.54) is 12.8 Å². The van der Waals surface area contributed by atoms with Gasteiger partial charge in [0, 0.05) is 13.1 Å². The van der Waals surface area contributed by atoms with Crippen LogP contribution in [-0.2, 0) is 4.79 Å². The molecule has 13 heavy (non-hydrogen) atoms. The first-order valence-electron chi connectivity index (χ1n) is 5.00. The molecule has 0 aromatic rings.